The first-order chi connectivity index (χ1) is 8.48. The van der Waals surface area contributed by atoms with E-state index >= 15 is 0 Å². The molecule has 2 rings (SSSR count). The van der Waals surface area contributed by atoms with Crippen LogP contribution in [0.25, 0.3) is 0 Å². The van der Waals surface area contributed by atoms with Gasteiger partial charge in [0, 0.05) is 12.3 Å². The van der Waals surface area contributed by atoms with E-state index in [1.165, 1.54) is 44.9 Å². The zero-order chi connectivity index (χ0) is 13.2. The van der Waals surface area contributed by atoms with Gasteiger partial charge in [0.05, 0.1) is 0 Å². The minimum Gasteiger partial charge on any atom is -0.299 e. The first-order valence-electron chi connectivity index (χ1n) is 8.01. The van der Waals surface area contributed by atoms with E-state index in [1.54, 1.807) is 0 Å². The van der Waals surface area contributed by atoms with Crippen LogP contribution in [0, 0.1) is 23.2 Å². The fourth-order valence-electron chi connectivity index (χ4n) is 4.01. The maximum atomic E-state index is 12.3. The van der Waals surface area contributed by atoms with Crippen molar-refractivity contribution in [2.45, 2.75) is 78.6 Å². The molecule has 0 heterocycles. The molecule has 2 aliphatic rings. The SMILES string of the molecule is CC(C)(C)C1CCC(=O)C(C2CCCCCC2)C1. The average Bonchev–Trinajstić information content (AvgIpc) is 2.56. The molecule has 2 fully saturated rings. The quantitative estimate of drug-likeness (QED) is 0.599. The second kappa shape index (κ2) is 5.75. The number of ketones is 1. The maximum Gasteiger partial charge on any atom is 0.136 e. The Kier molecular flexibility index (Phi) is 4.50. The fourth-order valence-corrected chi connectivity index (χ4v) is 4.01. The Bertz CT molecular complexity index is 278. The molecule has 2 aliphatic carbocycles. The molecule has 0 aromatic heterocycles. The molecule has 104 valence electrons. The van der Waals surface area contributed by atoms with Crippen molar-refractivity contribution >= 4 is 5.78 Å². The first kappa shape index (κ1) is 14.1. The lowest BCUT2D eigenvalue weighted by atomic mass is 9.65. The number of carbonyl (C=O) groups is 1. The van der Waals surface area contributed by atoms with Crippen molar-refractivity contribution < 1.29 is 4.79 Å². The second-order valence-corrected chi connectivity index (χ2v) is 7.66. The molecular formula is C17H30O. The van der Waals surface area contributed by atoms with Crippen LogP contribution >= 0.6 is 0 Å². The van der Waals surface area contributed by atoms with Gasteiger partial charge in [-0.25, -0.2) is 0 Å². The minimum atomic E-state index is 0.379. The van der Waals surface area contributed by atoms with E-state index in [9.17, 15) is 4.79 Å². The van der Waals surface area contributed by atoms with Crippen molar-refractivity contribution in [2.24, 2.45) is 23.2 Å². The molecular weight excluding hydrogens is 220 g/mol. The predicted octanol–water partition coefficient (Wildman–Crippen LogP) is 4.99. The van der Waals surface area contributed by atoms with Crippen molar-refractivity contribution in [2.75, 3.05) is 0 Å². The Labute approximate surface area is 113 Å². The van der Waals surface area contributed by atoms with Crippen LogP contribution in [0.15, 0.2) is 0 Å². The topological polar surface area (TPSA) is 17.1 Å². The number of rotatable bonds is 1. The van der Waals surface area contributed by atoms with Gasteiger partial charge < -0.3 is 0 Å². The molecule has 0 spiro atoms. The average molecular weight is 250 g/mol. The summed E-state index contributed by atoms with van der Waals surface area (Å²) in [6.07, 6.45) is 11.3. The molecule has 2 unspecified atom stereocenters. The molecule has 0 radical (unpaired) electrons. The van der Waals surface area contributed by atoms with Gasteiger partial charge in [0.15, 0.2) is 0 Å². The highest BCUT2D eigenvalue weighted by molar-refractivity contribution is 5.82. The summed E-state index contributed by atoms with van der Waals surface area (Å²) >= 11 is 0. The van der Waals surface area contributed by atoms with Crippen LogP contribution in [0.2, 0.25) is 0 Å². The molecule has 0 saturated heterocycles. The van der Waals surface area contributed by atoms with E-state index in [0.717, 1.165) is 18.8 Å². The van der Waals surface area contributed by atoms with E-state index in [4.69, 9.17) is 0 Å². The van der Waals surface area contributed by atoms with Crippen molar-refractivity contribution in [1.29, 1.82) is 0 Å². The van der Waals surface area contributed by atoms with Gasteiger partial charge in [-0.05, 0) is 42.9 Å². The van der Waals surface area contributed by atoms with Gasteiger partial charge in [-0.1, -0.05) is 46.5 Å². The van der Waals surface area contributed by atoms with E-state index in [2.05, 4.69) is 20.8 Å². The van der Waals surface area contributed by atoms with Gasteiger partial charge in [0.25, 0.3) is 0 Å². The van der Waals surface area contributed by atoms with Gasteiger partial charge in [-0.3, -0.25) is 4.79 Å². The number of hydrogen-bond donors (Lipinski definition) is 0. The van der Waals surface area contributed by atoms with Gasteiger partial charge in [0.1, 0.15) is 5.78 Å². The summed E-state index contributed by atoms with van der Waals surface area (Å²) in [7, 11) is 0. The molecule has 0 N–H and O–H groups in total. The summed E-state index contributed by atoms with van der Waals surface area (Å²) in [6.45, 7) is 7.03. The van der Waals surface area contributed by atoms with Gasteiger partial charge in [-0.15, -0.1) is 0 Å². The van der Waals surface area contributed by atoms with Crippen LogP contribution in [0.1, 0.15) is 78.6 Å². The van der Waals surface area contributed by atoms with Gasteiger partial charge >= 0.3 is 0 Å². The lowest BCUT2D eigenvalue weighted by Gasteiger charge is -2.39. The summed E-state index contributed by atoms with van der Waals surface area (Å²) in [4.78, 5) is 12.3. The molecule has 0 aromatic carbocycles. The van der Waals surface area contributed by atoms with E-state index < -0.39 is 0 Å². The molecule has 0 aliphatic heterocycles. The largest absolute Gasteiger partial charge is 0.299 e. The lowest BCUT2D eigenvalue weighted by molar-refractivity contribution is -0.129. The summed E-state index contributed by atoms with van der Waals surface area (Å²) in [6, 6.07) is 0. The highest BCUT2D eigenvalue weighted by Gasteiger charge is 2.38. The number of hydrogen-bond acceptors (Lipinski definition) is 1. The standard InChI is InChI=1S/C17H30O/c1-17(2,3)14-10-11-16(18)15(12-14)13-8-6-4-5-7-9-13/h13-15H,4-12H2,1-3H3. The Morgan fingerprint density at radius 2 is 1.56 bits per heavy atom. The third-order valence-electron chi connectivity index (χ3n) is 5.38. The zero-order valence-corrected chi connectivity index (χ0v) is 12.5. The predicted molar refractivity (Wildman–Crippen MR) is 76.5 cm³/mol. The smallest absolute Gasteiger partial charge is 0.136 e. The second-order valence-electron chi connectivity index (χ2n) is 7.66. The maximum absolute atomic E-state index is 12.3. The Morgan fingerprint density at radius 1 is 0.944 bits per heavy atom. The van der Waals surface area contributed by atoms with Crippen LogP contribution in [-0.4, -0.2) is 5.78 Å². The molecule has 0 amide bonds. The minimum absolute atomic E-state index is 0.379. The third-order valence-corrected chi connectivity index (χ3v) is 5.38. The molecule has 2 saturated carbocycles. The Morgan fingerprint density at radius 3 is 2.11 bits per heavy atom. The molecule has 18 heavy (non-hydrogen) atoms. The van der Waals surface area contributed by atoms with E-state index in [1.807, 2.05) is 0 Å². The fraction of sp³-hybridized carbons (Fsp3) is 0.941. The summed E-state index contributed by atoms with van der Waals surface area (Å²) in [5.41, 5.74) is 0.379. The monoisotopic (exact) mass is 250 g/mol. The molecule has 2 atom stereocenters. The van der Waals surface area contributed by atoms with Crippen LogP contribution in [-0.2, 0) is 4.79 Å². The van der Waals surface area contributed by atoms with Crippen molar-refractivity contribution in [3.05, 3.63) is 0 Å². The van der Waals surface area contributed by atoms with E-state index in [-0.39, 0.29) is 0 Å². The highest BCUT2D eigenvalue weighted by atomic mass is 16.1. The normalized spacial score (nSPS) is 32.3. The van der Waals surface area contributed by atoms with Crippen LogP contribution in [0.4, 0.5) is 0 Å². The molecule has 1 nitrogen and oxygen atoms in total. The van der Waals surface area contributed by atoms with Gasteiger partial charge in [0.2, 0.25) is 0 Å². The van der Waals surface area contributed by atoms with Crippen LogP contribution < -0.4 is 0 Å². The van der Waals surface area contributed by atoms with Crippen LogP contribution in [0.5, 0.6) is 0 Å². The number of carbonyl (C=O) groups excluding carboxylic acids is 1. The molecule has 0 bridgehead atoms. The van der Waals surface area contributed by atoms with Crippen LogP contribution in [0.3, 0.4) is 0 Å². The Balaban J connectivity index is 2.02. The summed E-state index contributed by atoms with van der Waals surface area (Å²) in [5.74, 6) is 2.46. The summed E-state index contributed by atoms with van der Waals surface area (Å²) < 4.78 is 0. The number of Topliss-reactive ketones (excluding diaryl/α,β-unsaturated/α-hetero) is 1. The van der Waals surface area contributed by atoms with Crippen molar-refractivity contribution in [3.8, 4) is 0 Å². The van der Waals surface area contributed by atoms with Crippen molar-refractivity contribution in [3.63, 3.8) is 0 Å². The third kappa shape index (κ3) is 3.36. The molecule has 0 aromatic rings. The molecule has 1 heteroatoms. The van der Waals surface area contributed by atoms with E-state index in [0.29, 0.717) is 23.0 Å². The Hall–Kier alpha value is -0.330. The summed E-state index contributed by atoms with van der Waals surface area (Å²) in [5, 5.41) is 0. The lowest BCUT2D eigenvalue weighted by Crippen LogP contribution is -2.35. The van der Waals surface area contributed by atoms with Crippen molar-refractivity contribution in [1.82, 2.24) is 0 Å². The highest BCUT2D eigenvalue weighted by Crippen LogP contribution is 2.43. The first-order valence-corrected chi connectivity index (χ1v) is 8.01. The van der Waals surface area contributed by atoms with Gasteiger partial charge in [-0.2, -0.15) is 0 Å². The zero-order valence-electron chi connectivity index (χ0n) is 12.5.